The molecule has 110 valence electrons. The first kappa shape index (κ1) is 14.6. The fourth-order valence-electron chi connectivity index (χ4n) is 2.16. The molecule has 7 heteroatoms. The average Bonchev–Trinajstić information content (AvgIpc) is 2.46. The zero-order chi connectivity index (χ0) is 15.6. The van der Waals surface area contributed by atoms with Gasteiger partial charge in [0.15, 0.2) is 0 Å². The van der Waals surface area contributed by atoms with E-state index in [2.05, 4.69) is 0 Å². The van der Waals surface area contributed by atoms with Gasteiger partial charge < -0.3 is 14.9 Å². The first-order valence-electron chi connectivity index (χ1n) is 6.08. The van der Waals surface area contributed by atoms with E-state index in [1.165, 1.54) is 7.11 Å². The van der Waals surface area contributed by atoms with Crippen molar-refractivity contribution in [1.29, 1.82) is 0 Å². The minimum absolute atomic E-state index is 0.0697. The summed E-state index contributed by atoms with van der Waals surface area (Å²) in [7, 11) is 1.52. The van der Waals surface area contributed by atoms with Crippen molar-refractivity contribution >= 4 is 23.5 Å². The second-order valence-electron chi connectivity index (χ2n) is 4.45. The Hall–Kier alpha value is -2.83. The average molecular weight is 291 g/mol. The molecule has 0 saturated heterocycles. The summed E-state index contributed by atoms with van der Waals surface area (Å²) in [6.07, 6.45) is -0.493. The zero-order valence-corrected chi connectivity index (χ0v) is 11.1. The monoisotopic (exact) mass is 291 g/mol. The Balaban J connectivity index is 2.37. The molecule has 1 aromatic rings. The molecule has 1 atom stereocenters. The fourth-order valence-corrected chi connectivity index (χ4v) is 2.16. The molecule has 0 fully saturated rings. The summed E-state index contributed by atoms with van der Waals surface area (Å²) >= 11 is 0. The number of carbonyl (C=O) groups is 3. The predicted octanol–water partition coefficient (Wildman–Crippen LogP) is 1.44. The molecular weight excluding hydrogens is 278 g/mol. The molecule has 0 bridgehead atoms. The molecule has 2 rings (SSSR count). The number of ether oxygens (including phenoxy) is 1. The van der Waals surface area contributed by atoms with Gasteiger partial charge in [0.05, 0.1) is 7.11 Å². The summed E-state index contributed by atoms with van der Waals surface area (Å²) in [5, 5.41) is 18.1. The number of amides is 2. The largest absolute Gasteiger partial charge is 0.497 e. The fraction of sp³-hybridized carbons (Fsp3) is 0.214. The van der Waals surface area contributed by atoms with Crippen molar-refractivity contribution in [2.45, 2.75) is 12.5 Å². The molecule has 2 amide bonds. The maximum atomic E-state index is 11.8. The predicted molar refractivity (Wildman–Crippen MR) is 71.9 cm³/mol. The Morgan fingerprint density at radius 1 is 1.24 bits per heavy atom. The van der Waals surface area contributed by atoms with Crippen molar-refractivity contribution in [2.24, 2.45) is 0 Å². The number of imide groups is 1. The third kappa shape index (κ3) is 2.86. The molecule has 1 aliphatic heterocycles. The topological polar surface area (TPSA) is 104 Å². The van der Waals surface area contributed by atoms with E-state index in [1.54, 1.807) is 24.3 Å². The van der Waals surface area contributed by atoms with E-state index in [1.807, 2.05) is 0 Å². The highest BCUT2D eigenvalue weighted by Gasteiger charge is 2.38. The van der Waals surface area contributed by atoms with E-state index in [4.69, 9.17) is 14.9 Å². The van der Waals surface area contributed by atoms with Gasteiger partial charge in [0.1, 0.15) is 11.8 Å². The third-order valence-corrected chi connectivity index (χ3v) is 3.21. The van der Waals surface area contributed by atoms with E-state index in [9.17, 15) is 14.4 Å². The normalized spacial score (nSPS) is 18.1. The van der Waals surface area contributed by atoms with Crippen LogP contribution in [-0.4, -0.2) is 46.2 Å². The molecule has 21 heavy (non-hydrogen) atoms. The molecule has 0 radical (unpaired) electrons. The number of carboxylic acids is 1. The van der Waals surface area contributed by atoms with Gasteiger partial charge in [-0.25, -0.2) is 14.5 Å². The number of nitrogens with zero attached hydrogens (tertiary/aromatic N) is 1. The molecule has 0 unspecified atom stereocenters. The lowest BCUT2D eigenvalue weighted by molar-refractivity contribution is -0.147. The summed E-state index contributed by atoms with van der Waals surface area (Å²) < 4.78 is 5.02. The molecule has 1 heterocycles. The molecule has 0 aliphatic carbocycles. The standard InChI is InChI=1S/C14H13NO6/c1-21-10-4-2-8(3-5-10)9-6-11(13(17)18)15(14(19)20)12(16)7-9/h2-5,7,11H,6H2,1H3,(H,17,18)(H,19,20)/t11-/m0/s1. The molecule has 0 spiro atoms. The van der Waals surface area contributed by atoms with Crippen LogP contribution in [0.2, 0.25) is 0 Å². The Bertz CT molecular complexity index is 619. The van der Waals surface area contributed by atoms with Gasteiger partial charge in [0, 0.05) is 12.5 Å². The Labute approximate surface area is 120 Å². The maximum Gasteiger partial charge on any atom is 0.415 e. The van der Waals surface area contributed by atoms with Crippen LogP contribution in [-0.2, 0) is 9.59 Å². The number of hydrogen-bond donors (Lipinski definition) is 2. The number of rotatable bonds is 3. The van der Waals surface area contributed by atoms with Crippen molar-refractivity contribution in [3.8, 4) is 5.75 Å². The van der Waals surface area contributed by atoms with Crippen LogP contribution in [0, 0.1) is 0 Å². The van der Waals surface area contributed by atoms with E-state index in [0.717, 1.165) is 6.08 Å². The quantitative estimate of drug-likeness (QED) is 0.873. The minimum Gasteiger partial charge on any atom is -0.497 e. The van der Waals surface area contributed by atoms with Crippen LogP contribution in [0.15, 0.2) is 30.3 Å². The summed E-state index contributed by atoms with van der Waals surface area (Å²) in [6.45, 7) is 0. The van der Waals surface area contributed by atoms with Crippen LogP contribution in [0.4, 0.5) is 4.79 Å². The van der Waals surface area contributed by atoms with Crippen LogP contribution in [0.1, 0.15) is 12.0 Å². The SMILES string of the molecule is COc1ccc(C2=CC(=O)N(C(=O)O)[C@H](C(=O)O)C2)cc1. The van der Waals surface area contributed by atoms with Gasteiger partial charge in [-0.1, -0.05) is 12.1 Å². The van der Waals surface area contributed by atoms with E-state index < -0.39 is 24.0 Å². The molecule has 1 aliphatic rings. The summed E-state index contributed by atoms with van der Waals surface area (Å²) in [4.78, 5) is 34.4. The minimum atomic E-state index is -1.57. The molecule has 0 aromatic heterocycles. The van der Waals surface area contributed by atoms with Crippen LogP contribution in [0.25, 0.3) is 5.57 Å². The van der Waals surface area contributed by atoms with Crippen LogP contribution in [0.5, 0.6) is 5.75 Å². The number of carbonyl (C=O) groups excluding carboxylic acids is 1. The van der Waals surface area contributed by atoms with Crippen LogP contribution < -0.4 is 4.74 Å². The van der Waals surface area contributed by atoms with Crippen molar-refractivity contribution in [3.63, 3.8) is 0 Å². The van der Waals surface area contributed by atoms with E-state index in [-0.39, 0.29) is 6.42 Å². The number of methoxy groups -OCH3 is 1. The molecular formula is C14H13NO6. The molecule has 7 nitrogen and oxygen atoms in total. The lowest BCUT2D eigenvalue weighted by Gasteiger charge is -2.28. The number of carboxylic acid groups (broad SMARTS) is 2. The van der Waals surface area contributed by atoms with Crippen molar-refractivity contribution in [2.75, 3.05) is 7.11 Å². The first-order chi connectivity index (χ1) is 9.93. The number of benzene rings is 1. The highest BCUT2D eigenvalue weighted by atomic mass is 16.5. The Morgan fingerprint density at radius 3 is 2.33 bits per heavy atom. The summed E-state index contributed by atoms with van der Waals surface area (Å²) in [5.41, 5.74) is 1.13. The summed E-state index contributed by atoms with van der Waals surface area (Å²) in [6, 6.07) is 5.32. The molecule has 1 aromatic carbocycles. The maximum absolute atomic E-state index is 11.8. The lowest BCUT2D eigenvalue weighted by atomic mass is 9.94. The second-order valence-corrected chi connectivity index (χ2v) is 4.45. The highest BCUT2D eigenvalue weighted by molar-refractivity contribution is 6.07. The second kappa shape index (κ2) is 5.66. The Morgan fingerprint density at radius 2 is 1.86 bits per heavy atom. The lowest BCUT2D eigenvalue weighted by Crippen LogP contribution is -2.49. The van der Waals surface area contributed by atoms with Gasteiger partial charge >= 0.3 is 12.1 Å². The number of hydrogen-bond acceptors (Lipinski definition) is 4. The van der Waals surface area contributed by atoms with E-state index >= 15 is 0 Å². The smallest absolute Gasteiger partial charge is 0.415 e. The van der Waals surface area contributed by atoms with Gasteiger partial charge in [-0.05, 0) is 23.3 Å². The van der Waals surface area contributed by atoms with Gasteiger partial charge in [0.25, 0.3) is 5.91 Å². The molecule has 2 N–H and O–H groups in total. The van der Waals surface area contributed by atoms with Gasteiger partial charge in [0.2, 0.25) is 0 Å². The first-order valence-corrected chi connectivity index (χ1v) is 6.08. The van der Waals surface area contributed by atoms with E-state index in [0.29, 0.717) is 21.8 Å². The van der Waals surface area contributed by atoms with Crippen molar-refractivity contribution < 1.29 is 29.3 Å². The van der Waals surface area contributed by atoms with Crippen LogP contribution >= 0.6 is 0 Å². The zero-order valence-electron chi connectivity index (χ0n) is 11.1. The third-order valence-electron chi connectivity index (χ3n) is 3.21. The van der Waals surface area contributed by atoms with Crippen LogP contribution in [0.3, 0.4) is 0 Å². The van der Waals surface area contributed by atoms with Crippen molar-refractivity contribution in [3.05, 3.63) is 35.9 Å². The van der Waals surface area contributed by atoms with Gasteiger partial charge in [-0.15, -0.1) is 0 Å². The number of aliphatic carboxylic acids is 1. The summed E-state index contributed by atoms with van der Waals surface area (Å²) in [5.74, 6) is -1.58. The van der Waals surface area contributed by atoms with Gasteiger partial charge in [-0.2, -0.15) is 0 Å². The highest BCUT2D eigenvalue weighted by Crippen LogP contribution is 2.28. The Kier molecular flexibility index (Phi) is 3.93. The molecule has 0 saturated carbocycles. The van der Waals surface area contributed by atoms with Crippen molar-refractivity contribution in [1.82, 2.24) is 4.90 Å². The van der Waals surface area contributed by atoms with Gasteiger partial charge in [-0.3, -0.25) is 4.79 Å².